The number of hydrogen-bond acceptors (Lipinski definition) is 4. The number of amides is 1. The van der Waals surface area contributed by atoms with Crippen molar-refractivity contribution in [2.24, 2.45) is 5.73 Å². The van der Waals surface area contributed by atoms with Crippen LogP contribution in [0.3, 0.4) is 0 Å². The second kappa shape index (κ2) is 5.36. The molecule has 17 heavy (non-hydrogen) atoms. The fraction of sp³-hybridized carbons (Fsp3) is 0.250. The third-order valence-electron chi connectivity index (χ3n) is 2.27. The molecule has 0 atom stereocenters. The van der Waals surface area contributed by atoms with E-state index in [1.807, 2.05) is 18.2 Å². The molecular formula is C12H14N2O3. The Morgan fingerprint density at radius 1 is 1.41 bits per heavy atom. The van der Waals surface area contributed by atoms with Crippen molar-refractivity contribution in [1.82, 2.24) is 5.32 Å². The van der Waals surface area contributed by atoms with E-state index in [1.165, 1.54) is 6.08 Å². The fourth-order valence-corrected chi connectivity index (χ4v) is 1.44. The van der Waals surface area contributed by atoms with Crippen molar-refractivity contribution in [3.8, 4) is 11.5 Å². The molecule has 5 nitrogen and oxygen atoms in total. The number of nitrogens with two attached hydrogens (primary N) is 1. The number of hydrogen-bond donors (Lipinski definition) is 2. The molecule has 90 valence electrons. The highest BCUT2D eigenvalue weighted by molar-refractivity contribution is 5.91. The topological polar surface area (TPSA) is 73.6 Å². The molecule has 0 bridgehead atoms. The highest BCUT2D eigenvalue weighted by Gasteiger charge is 2.12. The first-order valence-electron chi connectivity index (χ1n) is 5.35. The van der Waals surface area contributed by atoms with Crippen LogP contribution < -0.4 is 20.5 Å². The minimum Gasteiger partial charge on any atom is -0.454 e. The van der Waals surface area contributed by atoms with Crippen LogP contribution in [0.5, 0.6) is 11.5 Å². The lowest BCUT2D eigenvalue weighted by atomic mass is 10.2. The molecule has 0 saturated heterocycles. The predicted octanol–water partition coefficient (Wildman–Crippen LogP) is 0.503. The Kier molecular flexibility index (Phi) is 3.62. The van der Waals surface area contributed by atoms with E-state index in [9.17, 15) is 4.79 Å². The molecule has 3 N–H and O–H groups in total. The molecule has 0 spiro atoms. The molecule has 0 fully saturated rings. The van der Waals surface area contributed by atoms with E-state index in [0.717, 1.165) is 11.3 Å². The second-order valence-corrected chi connectivity index (χ2v) is 3.53. The van der Waals surface area contributed by atoms with Crippen molar-refractivity contribution in [2.45, 2.75) is 0 Å². The van der Waals surface area contributed by atoms with Gasteiger partial charge in [0, 0.05) is 19.2 Å². The van der Waals surface area contributed by atoms with E-state index in [2.05, 4.69) is 5.32 Å². The van der Waals surface area contributed by atoms with Crippen LogP contribution in [-0.2, 0) is 4.79 Å². The van der Waals surface area contributed by atoms with Crippen molar-refractivity contribution in [1.29, 1.82) is 0 Å². The van der Waals surface area contributed by atoms with Gasteiger partial charge in [0.25, 0.3) is 0 Å². The van der Waals surface area contributed by atoms with E-state index < -0.39 is 0 Å². The first-order chi connectivity index (χ1) is 8.29. The lowest BCUT2D eigenvalue weighted by Gasteiger charge is -1.99. The summed E-state index contributed by atoms with van der Waals surface area (Å²) in [5.74, 6) is 1.28. The third-order valence-corrected chi connectivity index (χ3v) is 2.27. The zero-order chi connectivity index (χ0) is 12.1. The number of fused-ring (bicyclic) bond motifs is 1. The fourth-order valence-electron chi connectivity index (χ4n) is 1.44. The van der Waals surface area contributed by atoms with Crippen LogP contribution in [0.2, 0.25) is 0 Å². The first kappa shape index (κ1) is 11.5. The molecule has 1 aromatic rings. The lowest BCUT2D eigenvalue weighted by molar-refractivity contribution is -0.116. The maximum Gasteiger partial charge on any atom is 0.244 e. The molecule has 1 aliphatic heterocycles. The monoisotopic (exact) mass is 234 g/mol. The number of rotatable bonds is 4. The lowest BCUT2D eigenvalue weighted by Crippen LogP contribution is -2.27. The molecule has 0 aromatic heterocycles. The molecule has 1 amide bonds. The van der Waals surface area contributed by atoms with Crippen LogP contribution in [0, 0.1) is 0 Å². The Hall–Kier alpha value is -2.01. The maximum atomic E-state index is 11.3. The van der Waals surface area contributed by atoms with Crippen LogP contribution in [-0.4, -0.2) is 25.8 Å². The summed E-state index contributed by atoms with van der Waals surface area (Å²) in [6.07, 6.45) is 3.18. The number of ether oxygens (including phenoxy) is 2. The zero-order valence-corrected chi connectivity index (χ0v) is 9.31. The SMILES string of the molecule is NCCNC(=O)/C=C/c1ccc2c(c1)OCO2. The Balaban J connectivity index is 1.99. The molecule has 5 heteroatoms. The van der Waals surface area contributed by atoms with Gasteiger partial charge in [-0.3, -0.25) is 4.79 Å². The van der Waals surface area contributed by atoms with Crippen LogP contribution in [0.25, 0.3) is 6.08 Å². The van der Waals surface area contributed by atoms with Gasteiger partial charge in [-0.25, -0.2) is 0 Å². The zero-order valence-electron chi connectivity index (χ0n) is 9.31. The third kappa shape index (κ3) is 2.98. The molecule has 0 aliphatic carbocycles. The van der Waals surface area contributed by atoms with Gasteiger partial charge >= 0.3 is 0 Å². The predicted molar refractivity (Wildman–Crippen MR) is 63.7 cm³/mol. The summed E-state index contributed by atoms with van der Waals surface area (Å²) in [5.41, 5.74) is 6.16. The Morgan fingerprint density at radius 3 is 3.06 bits per heavy atom. The van der Waals surface area contributed by atoms with Crippen LogP contribution >= 0.6 is 0 Å². The number of benzene rings is 1. The van der Waals surface area contributed by atoms with E-state index in [1.54, 1.807) is 6.08 Å². The van der Waals surface area contributed by atoms with E-state index in [4.69, 9.17) is 15.2 Å². The molecule has 0 unspecified atom stereocenters. The smallest absolute Gasteiger partial charge is 0.244 e. The quantitative estimate of drug-likeness (QED) is 0.744. The standard InChI is InChI=1S/C12H14N2O3/c13-5-6-14-12(15)4-2-9-1-3-10-11(7-9)17-8-16-10/h1-4,7H,5-6,8,13H2,(H,14,15)/b4-2+. The Bertz CT molecular complexity index is 443. The summed E-state index contributed by atoms with van der Waals surface area (Å²) < 4.78 is 10.4. The number of carbonyl (C=O) groups is 1. The Morgan fingerprint density at radius 2 is 2.24 bits per heavy atom. The summed E-state index contributed by atoms with van der Waals surface area (Å²) in [6.45, 7) is 1.16. The van der Waals surface area contributed by atoms with Gasteiger partial charge in [0.05, 0.1) is 0 Å². The van der Waals surface area contributed by atoms with Crippen molar-refractivity contribution in [3.63, 3.8) is 0 Å². The van der Waals surface area contributed by atoms with E-state index in [-0.39, 0.29) is 12.7 Å². The summed E-state index contributed by atoms with van der Waals surface area (Å²) in [4.78, 5) is 11.3. The molecule has 0 saturated carbocycles. The van der Waals surface area contributed by atoms with E-state index >= 15 is 0 Å². The number of carbonyl (C=O) groups excluding carboxylic acids is 1. The van der Waals surface area contributed by atoms with E-state index in [0.29, 0.717) is 18.8 Å². The van der Waals surface area contributed by atoms with Gasteiger partial charge in [0.1, 0.15) is 0 Å². The number of nitrogens with one attached hydrogen (secondary N) is 1. The Labute approximate surface area is 99.2 Å². The summed E-state index contributed by atoms with van der Waals surface area (Å²) in [5, 5.41) is 2.65. The molecule has 1 aliphatic rings. The highest BCUT2D eigenvalue weighted by Crippen LogP contribution is 2.32. The van der Waals surface area contributed by atoms with Gasteiger partial charge in [0.2, 0.25) is 12.7 Å². The van der Waals surface area contributed by atoms with Gasteiger partial charge in [0.15, 0.2) is 11.5 Å². The van der Waals surface area contributed by atoms with Crippen LogP contribution in [0.1, 0.15) is 5.56 Å². The minimum atomic E-state index is -0.159. The average Bonchev–Trinajstić information content (AvgIpc) is 2.81. The molecular weight excluding hydrogens is 220 g/mol. The van der Waals surface area contributed by atoms with Gasteiger partial charge in [-0.2, -0.15) is 0 Å². The second-order valence-electron chi connectivity index (χ2n) is 3.53. The van der Waals surface area contributed by atoms with Crippen LogP contribution in [0.4, 0.5) is 0 Å². The molecule has 2 rings (SSSR count). The summed E-state index contributed by atoms with van der Waals surface area (Å²) >= 11 is 0. The van der Waals surface area contributed by atoms with Gasteiger partial charge in [-0.1, -0.05) is 6.07 Å². The largest absolute Gasteiger partial charge is 0.454 e. The van der Waals surface area contributed by atoms with Crippen molar-refractivity contribution in [3.05, 3.63) is 29.8 Å². The van der Waals surface area contributed by atoms with Gasteiger partial charge < -0.3 is 20.5 Å². The maximum absolute atomic E-state index is 11.3. The summed E-state index contributed by atoms with van der Waals surface area (Å²) in [6, 6.07) is 5.51. The van der Waals surface area contributed by atoms with Gasteiger partial charge in [-0.05, 0) is 23.8 Å². The minimum absolute atomic E-state index is 0.159. The highest BCUT2D eigenvalue weighted by atomic mass is 16.7. The van der Waals surface area contributed by atoms with Crippen molar-refractivity contribution >= 4 is 12.0 Å². The normalized spacial score (nSPS) is 13.0. The van der Waals surface area contributed by atoms with Crippen molar-refractivity contribution < 1.29 is 14.3 Å². The van der Waals surface area contributed by atoms with Crippen LogP contribution in [0.15, 0.2) is 24.3 Å². The first-order valence-corrected chi connectivity index (χ1v) is 5.35. The molecule has 1 heterocycles. The van der Waals surface area contributed by atoms with Gasteiger partial charge in [-0.15, -0.1) is 0 Å². The van der Waals surface area contributed by atoms with Crippen molar-refractivity contribution in [2.75, 3.05) is 19.9 Å². The summed E-state index contributed by atoms with van der Waals surface area (Å²) in [7, 11) is 0. The average molecular weight is 234 g/mol. The molecule has 1 aromatic carbocycles. The molecule has 0 radical (unpaired) electrons.